The molecule has 8 heteroatoms. The van der Waals surface area contributed by atoms with Crippen LogP contribution in [0.4, 0.5) is 4.79 Å². The third-order valence-corrected chi connectivity index (χ3v) is 7.22. The Labute approximate surface area is 204 Å². The minimum atomic E-state index is -1.70. The molecule has 0 aliphatic heterocycles. The quantitative estimate of drug-likeness (QED) is 0.460. The first-order valence-electron chi connectivity index (χ1n) is 12.1. The van der Waals surface area contributed by atoms with Gasteiger partial charge in [0.2, 0.25) is 5.91 Å². The molecule has 0 heterocycles. The lowest BCUT2D eigenvalue weighted by atomic mass is 9.80. The number of aliphatic carboxylic acids is 1. The van der Waals surface area contributed by atoms with E-state index < -0.39 is 24.2 Å². The van der Waals surface area contributed by atoms with Crippen LogP contribution in [0.1, 0.15) is 49.7 Å². The highest BCUT2D eigenvalue weighted by Crippen LogP contribution is 2.44. The molecule has 0 saturated heterocycles. The van der Waals surface area contributed by atoms with Crippen molar-refractivity contribution in [3.8, 4) is 11.1 Å². The fourth-order valence-corrected chi connectivity index (χ4v) is 5.13. The number of amides is 2. The topological polar surface area (TPSA) is 125 Å². The van der Waals surface area contributed by atoms with Crippen LogP contribution in [0.25, 0.3) is 11.1 Å². The highest BCUT2D eigenvalue weighted by molar-refractivity contribution is 5.88. The lowest BCUT2D eigenvalue weighted by molar-refractivity contribution is -0.149. The maximum atomic E-state index is 12.6. The van der Waals surface area contributed by atoms with Gasteiger partial charge in [-0.3, -0.25) is 4.79 Å². The molecule has 0 bridgehead atoms. The molecule has 1 saturated carbocycles. The van der Waals surface area contributed by atoms with Crippen LogP contribution in [0.15, 0.2) is 48.5 Å². The SMILES string of the molecule is CC(CO)(NC(=O)C1CCCC(CNC(=O)OCC2c3ccccc3-c3ccccc32)C1)C(=O)O. The van der Waals surface area contributed by atoms with Crippen molar-refractivity contribution in [3.63, 3.8) is 0 Å². The summed E-state index contributed by atoms with van der Waals surface area (Å²) in [7, 11) is 0. The number of hydrogen-bond donors (Lipinski definition) is 4. The maximum Gasteiger partial charge on any atom is 0.407 e. The normalized spacial score (nSPS) is 20.7. The Morgan fingerprint density at radius 3 is 2.26 bits per heavy atom. The van der Waals surface area contributed by atoms with Crippen molar-refractivity contribution in [1.82, 2.24) is 10.6 Å². The van der Waals surface area contributed by atoms with Crippen LogP contribution in [-0.4, -0.2) is 53.5 Å². The molecule has 4 N–H and O–H groups in total. The molecular weight excluding hydrogens is 448 g/mol. The molecule has 2 aromatic rings. The molecule has 0 spiro atoms. The van der Waals surface area contributed by atoms with Gasteiger partial charge < -0.3 is 25.6 Å². The van der Waals surface area contributed by atoms with Crippen LogP contribution >= 0.6 is 0 Å². The summed E-state index contributed by atoms with van der Waals surface area (Å²) in [5, 5.41) is 24.0. The Morgan fingerprint density at radius 2 is 1.66 bits per heavy atom. The molecule has 2 amide bonds. The molecule has 3 unspecified atom stereocenters. The number of carboxylic acids is 1. The summed E-state index contributed by atoms with van der Waals surface area (Å²) in [6, 6.07) is 16.3. The Bertz CT molecular complexity index is 1060. The molecule has 2 aliphatic carbocycles. The Balaban J connectivity index is 1.28. The molecule has 8 nitrogen and oxygen atoms in total. The molecule has 0 radical (unpaired) electrons. The maximum absolute atomic E-state index is 12.6. The van der Waals surface area contributed by atoms with Crippen LogP contribution in [0.3, 0.4) is 0 Å². The van der Waals surface area contributed by atoms with Crippen molar-refractivity contribution in [2.45, 2.75) is 44.1 Å². The van der Waals surface area contributed by atoms with Crippen LogP contribution in [0.5, 0.6) is 0 Å². The molecule has 186 valence electrons. The summed E-state index contributed by atoms with van der Waals surface area (Å²) in [5.41, 5.74) is 2.94. The van der Waals surface area contributed by atoms with E-state index in [1.54, 1.807) is 0 Å². The number of benzene rings is 2. The summed E-state index contributed by atoms with van der Waals surface area (Å²) in [4.78, 5) is 36.5. The summed E-state index contributed by atoms with van der Waals surface area (Å²) in [6.45, 7) is 1.22. The van der Waals surface area contributed by atoms with Gasteiger partial charge in [-0.2, -0.15) is 0 Å². The fraction of sp³-hybridized carbons (Fsp3) is 0.444. The predicted molar refractivity (Wildman–Crippen MR) is 130 cm³/mol. The number of aliphatic hydroxyl groups excluding tert-OH is 1. The summed E-state index contributed by atoms with van der Waals surface area (Å²) in [6.07, 6.45) is 2.37. The van der Waals surface area contributed by atoms with Gasteiger partial charge in [-0.25, -0.2) is 9.59 Å². The Hall–Kier alpha value is -3.39. The smallest absolute Gasteiger partial charge is 0.407 e. The first-order chi connectivity index (χ1) is 16.8. The average molecular weight is 481 g/mol. The molecule has 0 aromatic heterocycles. The number of nitrogens with one attached hydrogen (secondary N) is 2. The molecule has 35 heavy (non-hydrogen) atoms. The first-order valence-corrected chi connectivity index (χ1v) is 12.1. The van der Waals surface area contributed by atoms with E-state index in [2.05, 4.69) is 34.9 Å². The Kier molecular flexibility index (Phi) is 7.40. The van der Waals surface area contributed by atoms with Crippen LogP contribution < -0.4 is 10.6 Å². The minimum absolute atomic E-state index is 0.00835. The van der Waals surface area contributed by atoms with Gasteiger partial charge in [0, 0.05) is 18.4 Å². The standard InChI is InChI=1S/C27H32N2O6/c1-27(16-30,25(32)33)29-24(31)18-8-6-7-17(13-18)14-28-26(34)35-15-23-21-11-4-2-9-19(21)20-10-3-5-12-22(20)23/h2-5,9-12,17-18,23,30H,6-8,13-16H2,1H3,(H,28,34)(H,29,31)(H,32,33). The van der Waals surface area contributed by atoms with Crippen LogP contribution in [0, 0.1) is 11.8 Å². The van der Waals surface area contributed by atoms with Gasteiger partial charge in [-0.1, -0.05) is 55.0 Å². The van der Waals surface area contributed by atoms with E-state index in [1.807, 2.05) is 24.3 Å². The van der Waals surface area contributed by atoms with Crippen molar-refractivity contribution in [2.75, 3.05) is 19.8 Å². The third-order valence-electron chi connectivity index (χ3n) is 7.22. The molecular formula is C27H32N2O6. The van der Waals surface area contributed by atoms with E-state index in [-0.39, 0.29) is 30.3 Å². The van der Waals surface area contributed by atoms with Gasteiger partial charge in [0.1, 0.15) is 6.61 Å². The fourth-order valence-electron chi connectivity index (χ4n) is 5.13. The highest BCUT2D eigenvalue weighted by atomic mass is 16.5. The summed E-state index contributed by atoms with van der Waals surface area (Å²) < 4.78 is 5.59. The number of aliphatic hydroxyl groups is 1. The van der Waals surface area contributed by atoms with Gasteiger partial charge in [-0.05, 0) is 54.4 Å². The van der Waals surface area contributed by atoms with Gasteiger partial charge in [0.05, 0.1) is 6.61 Å². The van der Waals surface area contributed by atoms with Gasteiger partial charge in [0.25, 0.3) is 0 Å². The Morgan fingerprint density at radius 1 is 1.03 bits per heavy atom. The van der Waals surface area contributed by atoms with Crippen molar-refractivity contribution in [1.29, 1.82) is 0 Å². The second-order valence-electron chi connectivity index (χ2n) is 9.72. The van der Waals surface area contributed by atoms with Gasteiger partial charge >= 0.3 is 12.1 Å². The molecule has 2 aromatic carbocycles. The minimum Gasteiger partial charge on any atom is -0.479 e. The number of fused-ring (bicyclic) bond motifs is 3. The number of carboxylic acid groups (broad SMARTS) is 1. The average Bonchev–Trinajstić information content (AvgIpc) is 3.20. The van der Waals surface area contributed by atoms with E-state index in [0.717, 1.165) is 24.0 Å². The zero-order valence-corrected chi connectivity index (χ0v) is 19.8. The van der Waals surface area contributed by atoms with E-state index >= 15 is 0 Å². The monoisotopic (exact) mass is 480 g/mol. The number of hydrogen-bond acceptors (Lipinski definition) is 5. The van der Waals surface area contributed by atoms with Gasteiger partial charge in [-0.15, -0.1) is 0 Å². The largest absolute Gasteiger partial charge is 0.479 e. The molecule has 1 fully saturated rings. The highest BCUT2D eigenvalue weighted by Gasteiger charge is 2.37. The molecule has 2 aliphatic rings. The van der Waals surface area contributed by atoms with Gasteiger partial charge in [0.15, 0.2) is 5.54 Å². The lowest BCUT2D eigenvalue weighted by Gasteiger charge is -2.31. The van der Waals surface area contributed by atoms with E-state index in [1.165, 1.54) is 18.1 Å². The number of alkyl carbamates (subject to hydrolysis) is 1. The van der Waals surface area contributed by atoms with Crippen molar-refractivity contribution in [3.05, 3.63) is 59.7 Å². The number of ether oxygens (including phenoxy) is 1. The van der Waals surface area contributed by atoms with Crippen molar-refractivity contribution in [2.24, 2.45) is 11.8 Å². The van der Waals surface area contributed by atoms with E-state index in [9.17, 15) is 24.6 Å². The third kappa shape index (κ3) is 5.32. The van der Waals surface area contributed by atoms with E-state index in [4.69, 9.17) is 4.74 Å². The van der Waals surface area contributed by atoms with Crippen LogP contribution in [0.2, 0.25) is 0 Å². The predicted octanol–water partition coefficient (Wildman–Crippen LogP) is 3.28. The first kappa shape index (κ1) is 24.7. The van der Waals surface area contributed by atoms with Crippen LogP contribution in [-0.2, 0) is 14.3 Å². The summed E-state index contributed by atoms with van der Waals surface area (Å²) in [5.74, 6) is -1.94. The number of carbonyl (C=O) groups is 3. The molecule has 4 rings (SSSR count). The van der Waals surface area contributed by atoms with E-state index in [0.29, 0.717) is 19.4 Å². The number of rotatable bonds is 8. The van der Waals surface area contributed by atoms with Crippen molar-refractivity contribution < 1.29 is 29.3 Å². The zero-order chi connectivity index (χ0) is 25.0. The molecule has 3 atom stereocenters. The summed E-state index contributed by atoms with van der Waals surface area (Å²) >= 11 is 0. The second-order valence-corrected chi connectivity index (χ2v) is 9.72. The lowest BCUT2D eigenvalue weighted by Crippen LogP contribution is -2.56. The van der Waals surface area contributed by atoms with Crippen molar-refractivity contribution >= 4 is 18.0 Å². The number of carbonyl (C=O) groups excluding carboxylic acids is 2. The second kappa shape index (κ2) is 10.5. The zero-order valence-electron chi connectivity index (χ0n) is 19.8.